The molecule has 122 valence electrons. The Bertz CT molecular complexity index is 640. The Morgan fingerprint density at radius 1 is 1.26 bits per heavy atom. The van der Waals surface area contributed by atoms with E-state index in [1.54, 1.807) is 6.92 Å². The third-order valence-corrected chi connectivity index (χ3v) is 4.57. The number of carbonyl (C=O) groups excluding carboxylic acids is 2. The van der Waals surface area contributed by atoms with E-state index in [0.29, 0.717) is 6.61 Å². The molecular formula is C16H17NO6. The molecule has 1 aromatic rings. The molecule has 7 heteroatoms. The number of carbonyl (C=O) groups is 2. The van der Waals surface area contributed by atoms with Gasteiger partial charge in [-0.05, 0) is 37.8 Å². The average molecular weight is 319 g/mol. The molecule has 0 unspecified atom stereocenters. The Labute approximate surface area is 132 Å². The van der Waals surface area contributed by atoms with Crippen LogP contribution in [0.1, 0.15) is 30.1 Å². The Balaban J connectivity index is 1.60. The molecule has 0 N–H and O–H groups in total. The van der Waals surface area contributed by atoms with E-state index in [4.69, 9.17) is 9.47 Å². The zero-order valence-corrected chi connectivity index (χ0v) is 12.6. The molecule has 3 rings (SSSR count). The fraction of sp³-hybridized carbons (Fsp3) is 0.500. The molecule has 2 fully saturated rings. The molecule has 2 aliphatic rings. The maximum Gasteiger partial charge on any atom is 0.338 e. The highest BCUT2D eigenvalue weighted by Gasteiger charge is 2.63. The standard InChI is InChI=1S/C16H17NO6/c1-2-22-16(19)14-11-7-8-12(13(11)14)23-15(18)9-3-5-10(6-4-9)17(20)21/h3-6,11-14H,2,7-8H2,1H3/t11-,12-,13-,14-/m1/s1. The second-order valence-corrected chi connectivity index (χ2v) is 5.84. The SMILES string of the molecule is CCOC(=O)[C@@H]1[C@@H]2CC[C@@H](OC(=O)c3ccc([N+](=O)[O-])cc3)[C@@H]21. The lowest BCUT2D eigenvalue weighted by atomic mass is 10.1. The van der Waals surface area contributed by atoms with Gasteiger partial charge in [-0.15, -0.1) is 0 Å². The third kappa shape index (κ3) is 2.91. The van der Waals surface area contributed by atoms with Gasteiger partial charge in [0.1, 0.15) is 6.10 Å². The van der Waals surface area contributed by atoms with E-state index in [-0.39, 0.29) is 41.1 Å². The number of fused-ring (bicyclic) bond motifs is 1. The van der Waals surface area contributed by atoms with Crippen molar-refractivity contribution >= 4 is 17.6 Å². The molecule has 0 radical (unpaired) electrons. The fourth-order valence-corrected chi connectivity index (χ4v) is 3.46. The van der Waals surface area contributed by atoms with E-state index in [9.17, 15) is 19.7 Å². The minimum atomic E-state index is -0.523. The van der Waals surface area contributed by atoms with Crippen LogP contribution < -0.4 is 0 Å². The minimum absolute atomic E-state index is 0.0519. The first kappa shape index (κ1) is 15.5. The lowest BCUT2D eigenvalue weighted by molar-refractivity contribution is -0.384. The van der Waals surface area contributed by atoms with Gasteiger partial charge in [0.05, 0.1) is 23.0 Å². The van der Waals surface area contributed by atoms with Gasteiger partial charge in [0.2, 0.25) is 0 Å². The Morgan fingerprint density at radius 3 is 2.57 bits per heavy atom. The summed E-state index contributed by atoms with van der Waals surface area (Å²) >= 11 is 0. The number of non-ortho nitro benzene ring substituents is 1. The molecule has 0 amide bonds. The summed E-state index contributed by atoms with van der Waals surface area (Å²) in [6, 6.07) is 5.30. The number of nitro groups is 1. The van der Waals surface area contributed by atoms with Gasteiger partial charge < -0.3 is 9.47 Å². The van der Waals surface area contributed by atoms with Crippen LogP contribution in [-0.2, 0) is 14.3 Å². The summed E-state index contributed by atoms with van der Waals surface area (Å²) in [4.78, 5) is 34.0. The molecule has 2 saturated carbocycles. The number of hydrogen-bond acceptors (Lipinski definition) is 6. The minimum Gasteiger partial charge on any atom is -0.466 e. The number of nitrogens with zero attached hydrogens (tertiary/aromatic N) is 1. The molecule has 23 heavy (non-hydrogen) atoms. The summed E-state index contributed by atoms with van der Waals surface area (Å²) in [6.45, 7) is 2.12. The molecule has 0 heterocycles. The number of ether oxygens (including phenoxy) is 2. The van der Waals surface area contributed by atoms with Crippen LogP contribution in [0.4, 0.5) is 5.69 Å². The first-order valence-electron chi connectivity index (χ1n) is 7.65. The topological polar surface area (TPSA) is 95.7 Å². The second-order valence-electron chi connectivity index (χ2n) is 5.84. The van der Waals surface area contributed by atoms with Gasteiger partial charge >= 0.3 is 11.9 Å². The molecular weight excluding hydrogens is 302 g/mol. The number of hydrogen-bond donors (Lipinski definition) is 0. The summed E-state index contributed by atoms with van der Waals surface area (Å²) in [5.41, 5.74) is 0.194. The largest absolute Gasteiger partial charge is 0.466 e. The van der Waals surface area contributed by atoms with Gasteiger partial charge in [-0.25, -0.2) is 4.79 Å². The van der Waals surface area contributed by atoms with Crippen molar-refractivity contribution in [3.63, 3.8) is 0 Å². The highest BCUT2D eigenvalue weighted by atomic mass is 16.6. The predicted octanol–water partition coefficient (Wildman–Crippen LogP) is 2.34. The summed E-state index contributed by atoms with van der Waals surface area (Å²) in [5.74, 6) is -0.572. The van der Waals surface area contributed by atoms with Gasteiger partial charge in [-0.2, -0.15) is 0 Å². The van der Waals surface area contributed by atoms with E-state index in [1.807, 2.05) is 0 Å². The van der Waals surface area contributed by atoms with Crippen molar-refractivity contribution in [3.05, 3.63) is 39.9 Å². The van der Waals surface area contributed by atoms with Crippen LogP contribution in [-0.4, -0.2) is 29.6 Å². The van der Waals surface area contributed by atoms with Gasteiger partial charge in [0.25, 0.3) is 5.69 Å². The van der Waals surface area contributed by atoms with Crippen LogP contribution in [0.25, 0.3) is 0 Å². The maximum absolute atomic E-state index is 12.1. The van der Waals surface area contributed by atoms with Crippen LogP contribution in [0.15, 0.2) is 24.3 Å². The maximum atomic E-state index is 12.1. The third-order valence-electron chi connectivity index (χ3n) is 4.57. The van der Waals surface area contributed by atoms with Crippen molar-refractivity contribution in [3.8, 4) is 0 Å². The first-order valence-corrected chi connectivity index (χ1v) is 7.65. The number of rotatable bonds is 5. The zero-order valence-electron chi connectivity index (χ0n) is 12.6. The van der Waals surface area contributed by atoms with Crippen LogP contribution in [0.3, 0.4) is 0 Å². The van der Waals surface area contributed by atoms with Crippen molar-refractivity contribution in [2.75, 3.05) is 6.61 Å². The van der Waals surface area contributed by atoms with Crippen molar-refractivity contribution in [2.24, 2.45) is 17.8 Å². The van der Waals surface area contributed by atoms with Crippen LogP contribution in [0.5, 0.6) is 0 Å². The normalized spacial score (nSPS) is 27.9. The fourth-order valence-electron chi connectivity index (χ4n) is 3.46. The second kappa shape index (κ2) is 5.98. The molecule has 0 saturated heterocycles. The van der Waals surface area contributed by atoms with Gasteiger partial charge in [0, 0.05) is 18.1 Å². The van der Waals surface area contributed by atoms with Crippen LogP contribution >= 0.6 is 0 Å². The van der Waals surface area contributed by atoms with E-state index < -0.39 is 10.9 Å². The zero-order chi connectivity index (χ0) is 16.6. The summed E-state index contributed by atoms with van der Waals surface area (Å²) < 4.78 is 10.5. The van der Waals surface area contributed by atoms with Gasteiger partial charge in [-0.1, -0.05) is 0 Å². The lowest BCUT2D eigenvalue weighted by Crippen LogP contribution is -2.22. The van der Waals surface area contributed by atoms with Crippen molar-refractivity contribution in [1.29, 1.82) is 0 Å². The molecule has 0 aliphatic heterocycles. The van der Waals surface area contributed by atoms with E-state index in [0.717, 1.165) is 12.8 Å². The number of benzene rings is 1. The first-order chi connectivity index (χ1) is 11.0. The highest BCUT2D eigenvalue weighted by Crippen LogP contribution is 2.59. The predicted molar refractivity (Wildman–Crippen MR) is 78.6 cm³/mol. The quantitative estimate of drug-likeness (QED) is 0.469. The van der Waals surface area contributed by atoms with Crippen molar-refractivity contribution in [1.82, 2.24) is 0 Å². The summed E-state index contributed by atoms with van der Waals surface area (Å²) in [7, 11) is 0. The van der Waals surface area contributed by atoms with Gasteiger partial charge in [-0.3, -0.25) is 14.9 Å². The van der Waals surface area contributed by atoms with Crippen molar-refractivity contribution < 1.29 is 24.0 Å². The molecule has 4 atom stereocenters. The highest BCUT2D eigenvalue weighted by molar-refractivity contribution is 5.90. The Kier molecular flexibility index (Phi) is 4.02. The van der Waals surface area contributed by atoms with Crippen LogP contribution in [0, 0.1) is 27.9 Å². The summed E-state index contributed by atoms with van der Waals surface area (Å²) in [5, 5.41) is 10.6. The molecule has 2 aliphatic carbocycles. The van der Waals surface area contributed by atoms with Crippen molar-refractivity contribution in [2.45, 2.75) is 25.9 Å². The number of esters is 2. The van der Waals surface area contributed by atoms with E-state index in [2.05, 4.69) is 0 Å². The van der Waals surface area contributed by atoms with Crippen LogP contribution in [0.2, 0.25) is 0 Å². The Morgan fingerprint density at radius 2 is 1.96 bits per heavy atom. The summed E-state index contributed by atoms with van der Waals surface area (Å²) in [6.07, 6.45) is 1.31. The van der Waals surface area contributed by atoms with Gasteiger partial charge in [0.15, 0.2) is 0 Å². The number of nitro benzene ring substituents is 1. The molecule has 0 aromatic heterocycles. The Hall–Kier alpha value is -2.44. The lowest BCUT2D eigenvalue weighted by Gasteiger charge is -2.15. The molecule has 7 nitrogen and oxygen atoms in total. The molecule has 1 aromatic carbocycles. The molecule has 0 bridgehead atoms. The monoisotopic (exact) mass is 319 g/mol. The van der Waals surface area contributed by atoms with E-state index >= 15 is 0 Å². The molecule has 0 spiro atoms. The van der Waals surface area contributed by atoms with E-state index in [1.165, 1.54) is 24.3 Å². The average Bonchev–Trinajstić information content (AvgIpc) is 3.13. The smallest absolute Gasteiger partial charge is 0.338 e.